The minimum absolute atomic E-state index is 0.229. The minimum atomic E-state index is 0.229. The van der Waals surface area contributed by atoms with Crippen LogP contribution in [0.5, 0.6) is 0 Å². The summed E-state index contributed by atoms with van der Waals surface area (Å²) < 4.78 is 0. The van der Waals surface area contributed by atoms with Gasteiger partial charge in [-0.3, -0.25) is 4.90 Å². The molecular formula is C15H23ClN2. The van der Waals surface area contributed by atoms with Gasteiger partial charge in [-0.25, -0.2) is 0 Å². The zero-order chi connectivity index (χ0) is 13.1. The molecule has 3 heteroatoms. The number of likely N-dealkylation sites (N-methyl/N-ethyl adjacent to an activating group) is 1. The average molecular weight is 267 g/mol. The molecule has 2 nitrogen and oxygen atoms in total. The molecule has 0 radical (unpaired) electrons. The molecule has 0 amide bonds. The summed E-state index contributed by atoms with van der Waals surface area (Å²) in [7, 11) is 0. The van der Waals surface area contributed by atoms with Crippen LogP contribution < -0.4 is 5.73 Å². The summed E-state index contributed by atoms with van der Waals surface area (Å²) in [6.45, 7) is 6.56. The van der Waals surface area contributed by atoms with Crippen LogP contribution in [0.25, 0.3) is 0 Å². The predicted octanol–water partition coefficient (Wildman–Crippen LogP) is 3.52. The van der Waals surface area contributed by atoms with E-state index in [0.29, 0.717) is 6.04 Å². The smallest absolute Gasteiger partial charge is 0.0501 e. The summed E-state index contributed by atoms with van der Waals surface area (Å²) >= 11 is 6.05. The van der Waals surface area contributed by atoms with E-state index in [0.717, 1.165) is 24.5 Å². The predicted molar refractivity (Wildman–Crippen MR) is 78.0 cm³/mol. The Labute approximate surface area is 115 Å². The van der Waals surface area contributed by atoms with E-state index in [1.54, 1.807) is 0 Å². The van der Waals surface area contributed by atoms with Gasteiger partial charge in [-0.2, -0.15) is 0 Å². The van der Waals surface area contributed by atoms with Crippen LogP contribution in [-0.2, 0) is 0 Å². The van der Waals surface area contributed by atoms with Crippen LogP contribution in [0.3, 0.4) is 0 Å². The maximum absolute atomic E-state index is 6.41. The summed E-state index contributed by atoms with van der Waals surface area (Å²) in [5.41, 5.74) is 9.01. The van der Waals surface area contributed by atoms with E-state index in [-0.39, 0.29) is 6.04 Å². The first-order valence-corrected chi connectivity index (χ1v) is 7.27. The van der Waals surface area contributed by atoms with Crippen molar-refractivity contribution in [2.24, 2.45) is 5.73 Å². The Hall–Kier alpha value is -0.570. The number of hydrogen-bond acceptors (Lipinski definition) is 2. The Morgan fingerprint density at radius 2 is 2.17 bits per heavy atom. The van der Waals surface area contributed by atoms with Crippen LogP contribution in [-0.4, -0.2) is 24.0 Å². The first kappa shape index (κ1) is 13.9. The standard InChI is InChI=1S/C15H23ClN2/c1-3-18-9-5-4-6-14(17)15(18)13-8-7-12(16)10-11(13)2/h7-8,10,14-15H,3-6,9,17H2,1-2H3. The number of aryl methyl sites for hydroxylation is 1. The molecule has 18 heavy (non-hydrogen) atoms. The molecule has 100 valence electrons. The minimum Gasteiger partial charge on any atom is -0.326 e. The summed E-state index contributed by atoms with van der Waals surface area (Å²) in [6.07, 6.45) is 3.61. The lowest BCUT2D eigenvalue weighted by atomic mass is 9.93. The monoisotopic (exact) mass is 266 g/mol. The van der Waals surface area contributed by atoms with Crippen LogP contribution in [0.15, 0.2) is 18.2 Å². The summed E-state index contributed by atoms with van der Waals surface area (Å²) in [5, 5.41) is 0.807. The third kappa shape index (κ3) is 2.87. The highest BCUT2D eigenvalue weighted by Crippen LogP contribution is 2.32. The quantitative estimate of drug-likeness (QED) is 0.887. The molecule has 2 N–H and O–H groups in total. The lowest BCUT2D eigenvalue weighted by Crippen LogP contribution is -2.40. The number of rotatable bonds is 2. The second-order valence-electron chi connectivity index (χ2n) is 5.23. The Balaban J connectivity index is 2.36. The maximum atomic E-state index is 6.41. The van der Waals surface area contributed by atoms with Crippen molar-refractivity contribution in [1.82, 2.24) is 4.90 Å². The van der Waals surface area contributed by atoms with Gasteiger partial charge in [0.2, 0.25) is 0 Å². The number of nitrogens with two attached hydrogens (primary N) is 1. The van der Waals surface area contributed by atoms with E-state index in [1.165, 1.54) is 24.0 Å². The van der Waals surface area contributed by atoms with Crippen molar-refractivity contribution in [3.63, 3.8) is 0 Å². The van der Waals surface area contributed by atoms with Crippen molar-refractivity contribution in [1.29, 1.82) is 0 Å². The molecule has 1 aromatic carbocycles. The number of hydrogen-bond donors (Lipinski definition) is 1. The number of halogens is 1. The second-order valence-corrected chi connectivity index (χ2v) is 5.67. The number of benzene rings is 1. The molecule has 0 spiro atoms. The molecule has 2 rings (SSSR count). The molecule has 2 unspecified atom stereocenters. The van der Waals surface area contributed by atoms with Crippen molar-refractivity contribution < 1.29 is 0 Å². The number of nitrogens with zero attached hydrogens (tertiary/aromatic N) is 1. The highest BCUT2D eigenvalue weighted by Gasteiger charge is 2.28. The first-order valence-electron chi connectivity index (χ1n) is 6.89. The lowest BCUT2D eigenvalue weighted by Gasteiger charge is -2.34. The first-order chi connectivity index (χ1) is 8.63. The van der Waals surface area contributed by atoms with Gasteiger partial charge in [0.1, 0.15) is 0 Å². The van der Waals surface area contributed by atoms with Crippen molar-refractivity contribution in [2.45, 2.75) is 45.2 Å². The Morgan fingerprint density at radius 3 is 2.83 bits per heavy atom. The van der Waals surface area contributed by atoms with Gasteiger partial charge in [0.15, 0.2) is 0 Å². The van der Waals surface area contributed by atoms with E-state index < -0.39 is 0 Å². The van der Waals surface area contributed by atoms with Gasteiger partial charge in [0.05, 0.1) is 6.04 Å². The van der Waals surface area contributed by atoms with Crippen LogP contribution in [0.1, 0.15) is 43.4 Å². The SMILES string of the molecule is CCN1CCCCC(N)C1c1ccc(Cl)cc1C. The van der Waals surface area contributed by atoms with Gasteiger partial charge in [-0.1, -0.05) is 31.0 Å². The van der Waals surface area contributed by atoms with Gasteiger partial charge < -0.3 is 5.73 Å². The molecule has 0 aliphatic carbocycles. The number of likely N-dealkylation sites (tertiary alicyclic amines) is 1. The fourth-order valence-electron chi connectivity index (χ4n) is 3.02. The lowest BCUT2D eigenvalue weighted by molar-refractivity contribution is 0.195. The van der Waals surface area contributed by atoms with Gasteiger partial charge >= 0.3 is 0 Å². The zero-order valence-corrected chi connectivity index (χ0v) is 12.1. The molecule has 0 saturated carbocycles. The molecule has 0 aromatic heterocycles. The molecule has 1 aliphatic heterocycles. The zero-order valence-electron chi connectivity index (χ0n) is 11.3. The molecule has 2 atom stereocenters. The van der Waals surface area contributed by atoms with Crippen LogP contribution in [0.2, 0.25) is 5.02 Å². The molecule has 1 saturated heterocycles. The third-order valence-electron chi connectivity index (χ3n) is 3.99. The summed E-state index contributed by atoms with van der Waals surface area (Å²) in [4.78, 5) is 2.51. The van der Waals surface area contributed by atoms with Crippen LogP contribution >= 0.6 is 11.6 Å². The molecular weight excluding hydrogens is 244 g/mol. The Bertz CT molecular complexity index is 405. The van der Waals surface area contributed by atoms with Gasteiger partial charge in [0, 0.05) is 11.1 Å². The van der Waals surface area contributed by atoms with Crippen molar-refractivity contribution in [3.05, 3.63) is 34.3 Å². The summed E-state index contributed by atoms with van der Waals surface area (Å²) in [5.74, 6) is 0. The van der Waals surface area contributed by atoms with Gasteiger partial charge in [-0.05, 0) is 56.1 Å². The van der Waals surface area contributed by atoms with E-state index >= 15 is 0 Å². The summed E-state index contributed by atoms with van der Waals surface area (Å²) in [6, 6.07) is 6.75. The maximum Gasteiger partial charge on any atom is 0.0501 e. The Morgan fingerprint density at radius 1 is 1.39 bits per heavy atom. The second kappa shape index (κ2) is 6.05. The van der Waals surface area contributed by atoms with E-state index in [9.17, 15) is 0 Å². The topological polar surface area (TPSA) is 29.3 Å². The van der Waals surface area contributed by atoms with Crippen LogP contribution in [0.4, 0.5) is 0 Å². The average Bonchev–Trinajstić information content (AvgIpc) is 2.51. The van der Waals surface area contributed by atoms with E-state index in [4.69, 9.17) is 17.3 Å². The highest BCUT2D eigenvalue weighted by atomic mass is 35.5. The molecule has 0 bridgehead atoms. The van der Waals surface area contributed by atoms with E-state index in [1.807, 2.05) is 12.1 Å². The molecule has 1 fully saturated rings. The Kier molecular flexibility index (Phi) is 4.66. The molecule has 1 heterocycles. The van der Waals surface area contributed by atoms with Crippen molar-refractivity contribution in [2.75, 3.05) is 13.1 Å². The molecule has 1 aromatic rings. The van der Waals surface area contributed by atoms with Gasteiger partial charge in [0.25, 0.3) is 0 Å². The van der Waals surface area contributed by atoms with Crippen molar-refractivity contribution in [3.8, 4) is 0 Å². The van der Waals surface area contributed by atoms with Gasteiger partial charge in [-0.15, -0.1) is 0 Å². The highest BCUT2D eigenvalue weighted by molar-refractivity contribution is 6.30. The fourth-order valence-corrected chi connectivity index (χ4v) is 3.24. The van der Waals surface area contributed by atoms with Crippen LogP contribution in [0, 0.1) is 6.92 Å². The largest absolute Gasteiger partial charge is 0.326 e. The third-order valence-corrected chi connectivity index (χ3v) is 4.22. The van der Waals surface area contributed by atoms with E-state index in [2.05, 4.69) is 24.8 Å². The van der Waals surface area contributed by atoms with Crippen molar-refractivity contribution >= 4 is 11.6 Å². The molecule has 1 aliphatic rings. The normalized spacial score (nSPS) is 26.0. The fraction of sp³-hybridized carbons (Fsp3) is 0.600.